The van der Waals surface area contributed by atoms with E-state index in [0.717, 1.165) is 0 Å². The summed E-state index contributed by atoms with van der Waals surface area (Å²) in [6.07, 6.45) is 0. The summed E-state index contributed by atoms with van der Waals surface area (Å²) in [5, 5.41) is 9.54. The van der Waals surface area contributed by atoms with E-state index < -0.39 is 32.0 Å². The molecule has 0 spiro atoms. The van der Waals surface area contributed by atoms with E-state index in [1.807, 2.05) is 0 Å². The topological polar surface area (TPSA) is 105 Å². The SMILES string of the molecule is Cc1cc(C(=O)Nc2ccc(F)c(C3(C)CN(C)S(=O)(=O)C(C)(C)CN3)c2)no1. The first kappa shape index (κ1) is 21.4. The van der Waals surface area contributed by atoms with Crippen molar-refractivity contribution < 1.29 is 22.1 Å². The van der Waals surface area contributed by atoms with E-state index in [1.54, 1.807) is 27.7 Å². The minimum absolute atomic E-state index is 0.0373. The Hall–Kier alpha value is -2.30. The van der Waals surface area contributed by atoms with Gasteiger partial charge in [0, 0.05) is 37.5 Å². The van der Waals surface area contributed by atoms with Crippen molar-refractivity contribution in [2.75, 3.05) is 25.5 Å². The number of hydrogen-bond donors (Lipinski definition) is 2. The van der Waals surface area contributed by atoms with Crippen LogP contribution >= 0.6 is 0 Å². The second-order valence-corrected chi connectivity index (χ2v) is 10.9. The standard InChI is InChI=1S/C19H25FN4O4S/c1-12-8-16(23-28-12)17(25)22-13-6-7-15(20)14(9-13)19(4)11-24(5)29(26,27)18(2,3)10-21-19/h6-9,21H,10-11H2,1-5H3,(H,22,25). The highest BCUT2D eigenvalue weighted by Gasteiger charge is 2.46. The van der Waals surface area contributed by atoms with Crippen molar-refractivity contribution >= 4 is 21.6 Å². The molecule has 2 N–H and O–H groups in total. The minimum atomic E-state index is -3.57. The molecule has 158 valence electrons. The van der Waals surface area contributed by atoms with Gasteiger partial charge in [-0.05, 0) is 45.9 Å². The highest BCUT2D eigenvalue weighted by molar-refractivity contribution is 7.90. The summed E-state index contributed by atoms with van der Waals surface area (Å²) in [5.41, 5.74) is -0.263. The Kier molecular flexibility index (Phi) is 5.31. The number of aryl methyl sites for hydroxylation is 1. The lowest BCUT2D eigenvalue weighted by Gasteiger charge is -2.32. The highest BCUT2D eigenvalue weighted by Crippen LogP contribution is 2.33. The third kappa shape index (κ3) is 3.92. The number of sulfonamides is 1. The Morgan fingerprint density at radius 2 is 2.00 bits per heavy atom. The molecule has 0 saturated carbocycles. The molecule has 0 aliphatic carbocycles. The van der Waals surface area contributed by atoms with Crippen LogP contribution in [0.5, 0.6) is 0 Å². The lowest BCUT2D eigenvalue weighted by Crippen LogP contribution is -2.47. The van der Waals surface area contributed by atoms with Crippen molar-refractivity contribution in [2.45, 2.75) is 38.0 Å². The molecule has 1 aliphatic rings. The van der Waals surface area contributed by atoms with E-state index in [-0.39, 0.29) is 24.3 Å². The summed E-state index contributed by atoms with van der Waals surface area (Å²) < 4.78 is 45.4. The van der Waals surface area contributed by atoms with Gasteiger partial charge in [0.25, 0.3) is 5.91 Å². The zero-order valence-electron chi connectivity index (χ0n) is 17.0. The Morgan fingerprint density at radius 1 is 1.31 bits per heavy atom. The molecule has 1 fully saturated rings. The number of likely N-dealkylation sites (N-methyl/N-ethyl adjacent to an activating group) is 1. The molecular weight excluding hydrogens is 399 g/mol. The summed E-state index contributed by atoms with van der Waals surface area (Å²) in [4.78, 5) is 12.3. The summed E-state index contributed by atoms with van der Waals surface area (Å²) in [6, 6.07) is 5.69. The molecule has 1 amide bonds. The number of nitrogens with zero attached hydrogens (tertiary/aromatic N) is 2. The van der Waals surface area contributed by atoms with Crippen LogP contribution in [0.4, 0.5) is 10.1 Å². The van der Waals surface area contributed by atoms with Gasteiger partial charge in [-0.2, -0.15) is 0 Å². The van der Waals surface area contributed by atoms with Crippen LogP contribution < -0.4 is 10.6 Å². The van der Waals surface area contributed by atoms with Crippen LogP contribution in [0.1, 0.15) is 42.6 Å². The van der Waals surface area contributed by atoms with Gasteiger partial charge >= 0.3 is 0 Å². The molecule has 10 heteroatoms. The fraction of sp³-hybridized carbons (Fsp3) is 0.474. The highest BCUT2D eigenvalue weighted by atomic mass is 32.2. The quantitative estimate of drug-likeness (QED) is 0.783. The number of hydrogen-bond acceptors (Lipinski definition) is 6. The van der Waals surface area contributed by atoms with Gasteiger partial charge in [0.1, 0.15) is 11.6 Å². The number of anilines is 1. The van der Waals surface area contributed by atoms with Crippen LogP contribution in [0.3, 0.4) is 0 Å². The number of halogens is 1. The molecule has 1 atom stereocenters. The summed E-state index contributed by atoms with van der Waals surface area (Å²) in [7, 11) is -2.09. The van der Waals surface area contributed by atoms with E-state index in [0.29, 0.717) is 11.4 Å². The normalized spacial score (nSPS) is 24.1. The number of amides is 1. The second-order valence-electron chi connectivity index (χ2n) is 8.18. The number of carbonyl (C=O) groups is 1. The zero-order valence-corrected chi connectivity index (χ0v) is 17.9. The second kappa shape index (κ2) is 7.19. The van der Waals surface area contributed by atoms with E-state index in [2.05, 4.69) is 15.8 Å². The van der Waals surface area contributed by atoms with E-state index in [1.165, 1.54) is 35.6 Å². The maximum atomic E-state index is 14.8. The monoisotopic (exact) mass is 424 g/mol. The van der Waals surface area contributed by atoms with Crippen LogP contribution in [0.2, 0.25) is 0 Å². The first-order chi connectivity index (χ1) is 13.4. The van der Waals surface area contributed by atoms with Gasteiger partial charge in [0.2, 0.25) is 10.0 Å². The van der Waals surface area contributed by atoms with Gasteiger partial charge in [-0.3, -0.25) is 4.79 Å². The summed E-state index contributed by atoms with van der Waals surface area (Å²) >= 11 is 0. The van der Waals surface area contributed by atoms with Gasteiger partial charge in [-0.1, -0.05) is 5.16 Å². The molecular formula is C19H25FN4O4S. The molecule has 1 aromatic heterocycles. The van der Waals surface area contributed by atoms with Crippen molar-refractivity contribution in [1.82, 2.24) is 14.8 Å². The van der Waals surface area contributed by atoms with Crippen LogP contribution in [0.15, 0.2) is 28.8 Å². The van der Waals surface area contributed by atoms with E-state index in [9.17, 15) is 17.6 Å². The number of rotatable bonds is 3. The Morgan fingerprint density at radius 3 is 2.62 bits per heavy atom. The van der Waals surface area contributed by atoms with Crippen molar-refractivity contribution in [3.05, 3.63) is 47.1 Å². The molecule has 1 aliphatic heterocycles. The van der Waals surface area contributed by atoms with Crippen LogP contribution in [-0.2, 0) is 15.6 Å². The maximum Gasteiger partial charge on any atom is 0.277 e. The lowest BCUT2D eigenvalue weighted by molar-refractivity contribution is 0.101. The number of aromatic nitrogens is 1. The zero-order chi connectivity index (χ0) is 21.6. The molecule has 2 aromatic rings. The molecule has 0 radical (unpaired) electrons. The largest absolute Gasteiger partial charge is 0.361 e. The van der Waals surface area contributed by atoms with Gasteiger partial charge in [-0.15, -0.1) is 0 Å². The van der Waals surface area contributed by atoms with E-state index in [4.69, 9.17) is 4.52 Å². The number of nitrogens with one attached hydrogen (secondary N) is 2. The number of carbonyl (C=O) groups excluding carboxylic acids is 1. The van der Waals surface area contributed by atoms with Gasteiger partial charge in [-0.25, -0.2) is 17.1 Å². The molecule has 0 bridgehead atoms. The molecule has 3 rings (SSSR count). The average Bonchev–Trinajstić information content (AvgIpc) is 3.05. The molecule has 1 saturated heterocycles. The van der Waals surface area contributed by atoms with E-state index >= 15 is 0 Å². The van der Waals surface area contributed by atoms with Crippen LogP contribution in [-0.4, -0.2) is 48.7 Å². The molecule has 8 nitrogen and oxygen atoms in total. The Labute approximate surface area is 169 Å². The fourth-order valence-corrected chi connectivity index (χ4v) is 4.91. The third-order valence-corrected chi connectivity index (χ3v) is 7.72. The van der Waals surface area contributed by atoms with Crippen molar-refractivity contribution in [3.8, 4) is 0 Å². The predicted molar refractivity (Wildman–Crippen MR) is 107 cm³/mol. The summed E-state index contributed by atoms with van der Waals surface area (Å²) in [5.74, 6) is -0.489. The maximum absolute atomic E-state index is 14.8. The summed E-state index contributed by atoms with van der Waals surface area (Å²) in [6.45, 7) is 6.85. The fourth-order valence-electron chi connectivity index (χ4n) is 3.38. The smallest absolute Gasteiger partial charge is 0.277 e. The van der Waals surface area contributed by atoms with Crippen molar-refractivity contribution in [2.24, 2.45) is 0 Å². The molecule has 1 aromatic carbocycles. The van der Waals surface area contributed by atoms with Crippen LogP contribution in [0, 0.1) is 12.7 Å². The first-order valence-corrected chi connectivity index (χ1v) is 10.6. The van der Waals surface area contributed by atoms with Crippen molar-refractivity contribution in [3.63, 3.8) is 0 Å². The van der Waals surface area contributed by atoms with Gasteiger partial charge in [0.15, 0.2) is 5.69 Å². The lowest BCUT2D eigenvalue weighted by atomic mass is 9.90. The Balaban J connectivity index is 1.94. The van der Waals surface area contributed by atoms with Gasteiger partial charge < -0.3 is 15.2 Å². The van der Waals surface area contributed by atoms with Crippen molar-refractivity contribution in [1.29, 1.82) is 0 Å². The third-order valence-electron chi connectivity index (χ3n) is 5.23. The predicted octanol–water partition coefficient (Wildman–Crippen LogP) is 2.23. The molecule has 29 heavy (non-hydrogen) atoms. The van der Waals surface area contributed by atoms with Gasteiger partial charge in [0.05, 0.1) is 10.3 Å². The first-order valence-electron chi connectivity index (χ1n) is 9.11. The minimum Gasteiger partial charge on any atom is -0.361 e. The molecule has 2 heterocycles. The van der Waals surface area contributed by atoms with Crippen LogP contribution in [0.25, 0.3) is 0 Å². The Bertz CT molecular complexity index is 1050. The average molecular weight is 424 g/mol. The number of benzene rings is 1. The molecule has 1 unspecified atom stereocenters.